The molecule has 9 aromatic carbocycles. The molecule has 0 saturated heterocycles. The number of rotatable bonds is 6. The molecule has 0 fully saturated rings. The predicted octanol–water partition coefficient (Wildman–Crippen LogP) is 16.9. The Morgan fingerprint density at radius 1 is 0.460 bits per heavy atom. The van der Waals surface area contributed by atoms with Crippen LogP contribution in [0, 0.1) is 5.92 Å². The van der Waals surface area contributed by atoms with E-state index in [0.717, 1.165) is 90.4 Å². The van der Waals surface area contributed by atoms with Gasteiger partial charge in [-0.15, -0.1) is 0 Å². The zero-order valence-electron chi connectivity index (χ0n) is 35.2. The molecule has 3 heteroatoms. The van der Waals surface area contributed by atoms with E-state index in [1.165, 1.54) is 49.4 Å². The molecule has 1 aliphatic rings. The first-order valence-electron chi connectivity index (χ1n) is 22.0. The smallest absolute Gasteiger partial charge is 0.136 e. The average molecular weight is 810 g/mol. The first-order valence-corrected chi connectivity index (χ1v) is 22.0. The lowest BCUT2D eigenvalue weighted by atomic mass is 9.82. The van der Waals surface area contributed by atoms with Crippen LogP contribution >= 0.6 is 0 Å². The van der Waals surface area contributed by atoms with Gasteiger partial charge in [0, 0.05) is 39.4 Å². The van der Waals surface area contributed by atoms with Gasteiger partial charge in [0.25, 0.3) is 0 Å². The highest BCUT2D eigenvalue weighted by Crippen LogP contribution is 2.42. The quantitative estimate of drug-likeness (QED) is 0.168. The molecule has 63 heavy (non-hydrogen) atoms. The lowest BCUT2D eigenvalue weighted by molar-refractivity contribution is 0.668. The van der Waals surface area contributed by atoms with Gasteiger partial charge < -0.3 is 8.83 Å². The maximum Gasteiger partial charge on any atom is 0.136 e. The molecule has 1 unspecified atom stereocenters. The van der Waals surface area contributed by atoms with E-state index in [0.29, 0.717) is 0 Å². The van der Waals surface area contributed by atoms with Crippen LogP contribution in [-0.2, 0) is 0 Å². The second-order valence-electron chi connectivity index (χ2n) is 17.0. The van der Waals surface area contributed by atoms with E-state index >= 15 is 0 Å². The van der Waals surface area contributed by atoms with Crippen molar-refractivity contribution in [3.63, 3.8) is 0 Å². The summed E-state index contributed by atoms with van der Waals surface area (Å²) in [6.07, 6.45) is 4.09. The van der Waals surface area contributed by atoms with E-state index in [4.69, 9.17) is 13.8 Å². The predicted molar refractivity (Wildman–Crippen MR) is 265 cm³/mol. The van der Waals surface area contributed by atoms with Gasteiger partial charge in [0.15, 0.2) is 0 Å². The van der Waals surface area contributed by atoms with E-state index in [-0.39, 0.29) is 5.92 Å². The molecule has 0 N–H and O–H groups in total. The fraction of sp³-hybridized carbons (Fsp3) is 0.0833. The molecule has 0 saturated carbocycles. The van der Waals surface area contributed by atoms with Crippen molar-refractivity contribution in [2.45, 2.75) is 26.7 Å². The van der Waals surface area contributed by atoms with Gasteiger partial charge >= 0.3 is 0 Å². The molecule has 1 aliphatic heterocycles. The van der Waals surface area contributed by atoms with Crippen LogP contribution in [0.1, 0.15) is 43.4 Å². The Balaban J connectivity index is 0.944. The molecular weight excluding hydrogens is 767 g/mol. The molecule has 0 aliphatic carbocycles. The van der Waals surface area contributed by atoms with Crippen LogP contribution in [0.2, 0.25) is 0 Å². The first-order chi connectivity index (χ1) is 31.0. The van der Waals surface area contributed by atoms with Gasteiger partial charge in [0.05, 0.1) is 11.4 Å². The highest BCUT2D eigenvalue weighted by atomic mass is 16.3. The summed E-state index contributed by atoms with van der Waals surface area (Å²) in [5, 5.41) is 9.39. The van der Waals surface area contributed by atoms with Gasteiger partial charge in [-0.3, -0.25) is 4.99 Å². The van der Waals surface area contributed by atoms with Crippen molar-refractivity contribution in [3.05, 3.63) is 216 Å². The van der Waals surface area contributed by atoms with Gasteiger partial charge in [0.1, 0.15) is 22.3 Å². The zero-order valence-corrected chi connectivity index (χ0v) is 35.2. The van der Waals surface area contributed by atoms with E-state index in [2.05, 4.69) is 202 Å². The minimum atomic E-state index is 0.160. The number of hydrogen-bond acceptors (Lipinski definition) is 3. The van der Waals surface area contributed by atoms with Crippen molar-refractivity contribution >= 4 is 82.4 Å². The maximum absolute atomic E-state index is 6.47. The van der Waals surface area contributed by atoms with Crippen LogP contribution in [0.4, 0.5) is 0 Å². The summed E-state index contributed by atoms with van der Waals surface area (Å²) in [5.41, 5.74) is 16.5. The van der Waals surface area contributed by atoms with Crippen LogP contribution < -0.4 is 0 Å². The fourth-order valence-electron chi connectivity index (χ4n) is 9.98. The number of allylic oxidation sites excluding steroid dienone is 3. The molecule has 3 heterocycles. The van der Waals surface area contributed by atoms with Crippen LogP contribution in [0.5, 0.6) is 0 Å². The molecule has 2 aromatic heterocycles. The molecule has 12 rings (SSSR count). The van der Waals surface area contributed by atoms with Gasteiger partial charge in [0.2, 0.25) is 0 Å². The minimum absolute atomic E-state index is 0.160. The summed E-state index contributed by atoms with van der Waals surface area (Å²) in [4.78, 5) is 5.52. The lowest BCUT2D eigenvalue weighted by Crippen LogP contribution is -2.11. The first kappa shape index (κ1) is 37.0. The van der Waals surface area contributed by atoms with E-state index < -0.39 is 0 Å². The Bertz CT molecular complexity index is 3710. The van der Waals surface area contributed by atoms with Gasteiger partial charge in [-0.2, -0.15) is 0 Å². The molecule has 3 nitrogen and oxygen atoms in total. The minimum Gasteiger partial charge on any atom is -0.456 e. The highest BCUT2D eigenvalue weighted by Gasteiger charge is 2.23. The van der Waals surface area contributed by atoms with Crippen molar-refractivity contribution in [2.75, 3.05) is 0 Å². The summed E-state index contributed by atoms with van der Waals surface area (Å²) >= 11 is 0. The summed E-state index contributed by atoms with van der Waals surface area (Å²) < 4.78 is 12.9. The number of hydrogen-bond donors (Lipinski definition) is 0. The third-order valence-corrected chi connectivity index (χ3v) is 13.1. The molecule has 1 atom stereocenters. The topological polar surface area (TPSA) is 38.6 Å². The number of fused-ring (bicyclic) bond motifs is 8. The molecule has 0 bridgehead atoms. The molecule has 11 aromatic rings. The second kappa shape index (κ2) is 15.0. The number of aliphatic imine (C=N–C) groups is 1. The summed E-state index contributed by atoms with van der Waals surface area (Å²) in [6, 6.07) is 67.6. The average Bonchev–Trinajstić information content (AvgIpc) is 3.90. The van der Waals surface area contributed by atoms with E-state index in [9.17, 15) is 0 Å². The van der Waals surface area contributed by atoms with Crippen LogP contribution in [0.3, 0.4) is 0 Å². The third kappa shape index (κ3) is 6.47. The number of benzene rings is 9. The van der Waals surface area contributed by atoms with Gasteiger partial charge in [-0.1, -0.05) is 152 Å². The largest absolute Gasteiger partial charge is 0.456 e. The Morgan fingerprint density at radius 2 is 1.08 bits per heavy atom. The van der Waals surface area contributed by atoms with Gasteiger partial charge in [-0.05, 0) is 128 Å². The molecule has 300 valence electrons. The molecule has 0 amide bonds. The fourth-order valence-corrected chi connectivity index (χ4v) is 9.98. The van der Waals surface area contributed by atoms with Crippen LogP contribution in [0.15, 0.2) is 214 Å². The maximum atomic E-state index is 6.47. The number of furan rings is 2. The van der Waals surface area contributed by atoms with Gasteiger partial charge in [-0.25, -0.2) is 0 Å². The monoisotopic (exact) mass is 809 g/mol. The zero-order chi connectivity index (χ0) is 42.0. The number of nitrogens with zero attached hydrogens (tertiary/aromatic N) is 1. The van der Waals surface area contributed by atoms with Crippen molar-refractivity contribution in [2.24, 2.45) is 10.9 Å². The summed E-state index contributed by atoms with van der Waals surface area (Å²) in [6.45, 7) is 4.56. The Labute approximate surface area is 365 Å². The Morgan fingerprint density at radius 3 is 1.95 bits per heavy atom. The van der Waals surface area contributed by atoms with E-state index in [1.54, 1.807) is 0 Å². The molecule has 0 spiro atoms. The van der Waals surface area contributed by atoms with E-state index in [1.807, 2.05) is 6.07 Å². The number of para-hydroxylation sites is 1. The van der Waals surface area contributed by atoms with Crippen molar-refractivity contribution in [1.82, 2.24) is 0 Å². The van der Waals surface area contributed by atoms with Crippen molar-refractivity contribution in [1.29, 1.82) is 0 Å². The molecular formula is C60H43NO2. The molecule has 0 radical (unpaired) electrons. The summed E-state index contributed by atoms with van der Waals surface area (Å²) in [7, 11) is 0. The van der Waals surface area contributed by atoms with Crippen LogP contribution in [-0.4, -0.2) is 5.71 Å². The van der Waals surface area contributed by atoms with Crippen molar-refractivity contribution in [3.8, 4) is 22.3 Å². The third-order valence-electron chi connectivity index (χ3n) is 13.1. The Hall–Kier alpha value is -7.75. The Kier molecular flexibility index (Phi) is 8.82. The highest BCUT2D eigenvalue weighted by molar-refractivity contribution is 6.14. The standard InChI is InChI=1S/C60H43NO2/c1-3-38-35-54(61-53(40-13-5-4-6-14-40)30-37(2)59(38)48-26-28-51-50-16-9-10-18-55(50)63-58(51)36-48)47-25-23-43-32-46(24-22-44(43)33-47)49-17-11-19-57-60(49)52-34-45(27-29-56(52)62-57)42-21-20-39-12-7-8-15-41(39)31-42/h4-29,31-36,38H,3,30H2,1-2H3/b54-35-,59-37?,61-53?. The van der Waals surface area contributed by atoms with Crippen LogP contribution in [0.25, 0.3) is 98.9 Å². The lowest BCUT2D eigenvalue weighted by Gasteiger charge is -2.24. The SMILES string of the molecule is CCC1/C=C(/c2ccc3cc(-c4cccc5oc6ccc(-c7ccc8ccccc8c7)cc6c45)ccc3c2)N=C(c2ccccc2)CC(C)=C1c1ccc2c(c1)oc1ccccc12. The van der Waals surface area contributed by atoms with Crippen molar-refractivity contribution < 1.29 is 8.83 Å². The summed E-state index contributed by atoms with van der Waals surface area (Å²) in [5.74, 6) is 0.160. The second-order valence-corrected chi connectivity index (χ2v) is 17.0. The normalized spacial score (nSPS) is 15.6.